The Morgan fingerprint density at radius 3 is 2.38 bits per heavy atom. The Kier molecular flexibility index (Phi) is 7.15. The van der Waals surface area contributed by atoms with E-state index < -0.39 is 0 Å². The fourth-order valence-corrected chi connectivity index (χ4v) is 2.67. The quantitative estimate of drug-likeness (QED) is 0.917. The van der Waals surface area contributed by atoms with Gasteiger partial charge in [-0.15, -0.1) is 12.4 Å². The second-order valence-electron chi connectivity index (χ2n) is 5.67. The van der Waals surface area contributed by atoms with Crippen LogP contribution in [0, 0.1) is 13.8 Å². The lowest BCUT2D eigenvalue weighted by Gasteiger charge is -2.29. The maximum absolute atomic E-state index is 12.2. The number of nitrogens with one attached hydrogen (secondary N) is 1. The average Bonchev–Trinajstić information content (AvgIpc) is 2.44. The van der Waals surface area contributed by atoms with Gasteiger partial charge in [-0.25, -0.2) is 0 Å². The minimum atomic E-state index is 0. The number of halogens is 1. The molecule has 0 spiro atoms. The summed E-state index contributed by atoms with van der Waals surface area (Å²) in [5.41, 5.74) is 3.93. The molecule has 118 valence electrons. The van der Waals surface area contributed by atoms with Crippen LogP contribution in [0.1, 0.15) is 16.7 Å². The van der Waals surface area contributed by atoms with Crippen molar-refractivity contribution in [2.45, 2.75) is 20.4 Å². The van der Waals surface area contributed by atoms with Crippen LogP contribution in [0.25, 0.3) is 0 Å². The van der Waals surface area contributed by atoms with Crippen LogP contribution < -0.4 is 5.32 Å². The van der Waals surface area contributed by atoms with Crippen molar-refractivity contribution in [2.75, 3.05) is 39.8 Å². The molecule has 1 aromatic carbocycles. The highest BCUT2D eigenvalue weighted by molar-refractivity contribution is 5.85. The van der Waals surface area contributed by atoms with Gasteiger partial charge in [0.15, 0.2) is 0 Å². The first kappa shape index (κ1) is 18.0. The topological polar surface area (TPSA) is 35.6 Å². The van der Waals surface area contributed by atoms with E-state index in [1.165, 1.54) is 16.7 Å². The first-order valence-electron chi connectivity index (χ1n) is 7.30. The zero-order chi connectivity index (χ0) is 14.5. The molecule has 2 rings (SSSR count). The lowest BCUT2D eigenvalue weighted by Crippen LogP contribution is -2.49. The maximum Gasteiger partial charge on any atom is 0.236 e. The van der Waals surface area contributed by atoms with Gasteiger partial charge in [0.05, 0.1) is 6.54 Å². The Morgan fingerprint density at radius 1 is 1.24 bits per heavy atom. The maximum atomic E-state index is 12.2. The molecule has 21 heavy (non-hydrogen) atoms. The van der Waals surface area contributed by atoms with Crippen molar-refractivity contribution < 1.29 is 4.79 Å². The monoisotopic (exact) mass is 311 g/mol. The minimum absolute atomic E-state index is 0. The molecular weight excluding hydrogens is 286 g/mol. The Balaban J connectivity index is 0.00000220. The summed E-state index contributed by atoms with van der Waals surface area (Å²) in [4.78, 5) is 16.3. The van der Waals surface area contributed by atoms with Gasteiger partial charge in [-0.05, 0) is 37.6 Å². The number of benzene rings is 1. The van der Waals surface area contributed by atoms with Crippen molar-refractivity contribution >= 4 is 18.3 Å². The first-order valence-corrected chi connectivity index (χ1v) is 7.30. The molecule has 0 atom stereocenters. The average molecular weight is 312 g/mol. The van der Waals surface area contributed by atoms with E-state index in [1.807, 2.05) is 11.9 Å². The van der Waals surface area contributed by atoms with E-state index in [-0.39, 0.29) is 18.3 Å². The molecule has 1 N–H and O–H groups in total. The SMILES string of the molecule is Cc1cccc(C)c1CN(C)CC(=O)N1CCNCC1.Cl. The second kappa shape index (κ2) is 8.37. The number of amides is 1. The molecule has 4 nitrogen and oxygen atoms in total. The van der Waals surface area contributed by atoms with Crippen LogP contribution in [0.4, 0.5) is 0 Å². The third-order valence-corrected chi connectivity index (χ3v) is 3.95. The fourth-order valence-electron chi connectivity index (χ4n) is 2.67. The van der Waals surface area contributed by atoms with Crippen LogP contribution in [0.3, 0.4) is 0 Å². The van der Waals surface area contributed by atoms with Gasteiger partial charge in [0.2, 0.25) is 5.91 Å². The Labute approximate surface area is 133 Å². The van der Waals surface area contributed by atoms with Gasteiger partial charge >= 0.3 is 0 Å². The van der Waals surface area contributed by atoms with Crippen LogP contribution >= 0.6 is 12.4 Å². The van der Waals surface area contributed by atoms with E-state index in [1.54, 1.807) is 0 Å². The molecule has 1 aliphatic rings. The van der Waals surface area contributed by atoms with Crippen molar-refractivity contribution in [1.29, 1.82) is 0 Å². The summed E-state index contributed by atoms with van der Waals surface area (Å²) < 4.78 is 0. The van der Waals surface area contributed by atoms with Crippen LogP contribution in [-0.4, -0.2) is 55.5 Å². The number of hydrogen-bond donors (Lipinski definition) is 1. The predicted octanol–water partition coefficient (Wildman–Crippen LogP) is 1.59. The van der Waals surface area contributed by atoms with Crippen LogP contribution in [-0.2, 0) is 11.3 Å². The molecule has 1 heterocycles. The molecule has 0 radical (unpaired) electrons. The van der Waals surface area contributed by atoms with Gasteiger partial charge < -0.3 is 10.2 Å². The molecule has 1 saturated heterocycles. The zero-order valence-electron chi connectivity index (χ0n) is 13.2. The summed E-state index contributed by atoms with van der Waals surface area (Å²) in [5.74, 6) is 0.236. The Hall–Kier alpha value is -1.10. The normalized spacial score (nSPS) is 15.0. The van der Waals surface area contributed by atoms with Gasteiger partial charge in [0.1, 0.15) is 0 Å². The van der Waals surface area contributed by atoms with Crippen molar-refractivity contribution in [2.24, 2.45) is 0 Å². The highest BCUT2D eigenvalue weighted by Gasteiger charge is 2.18. The van der Waals surface area contributed by atoms with Crippen LogP contribution in [0.2, 0.25) is 0 Å². The lowest BCUT2D eigenvalue weighted by atomic mass is 10.0. The number of likely N-dealkylation sites (N-methyl/N-ethyl adjacent to an activating group) is 1. The highest BCUT2D eigenvalue weighted by Crippen LogP contribution is 2.15. The number of rotatable bonds is 4. The van der Waals surface area contributed by atoms with Crippen LogP contribution in [0.15, 0.2) is 18.2 Å². The molecule has 1 aliphatic heterocycles. The van der Waals surface area contributed by atoms with E-state index >= 15 is 0 Å². The van der Waals surface area contributed by atoms with Crippen LogP contribution in [0.5, 0.6) is 0 Å². The van der Waals surface area contributed by atoms with E-state index in [4.69, 9.17) is 0 Å². The third-order valence-electron chi connectivity index (χ3n) is 3.95. The van der Waals surface area contributed by atoms with E-state index in [2.05, 4.69) is 42.3 Å². The Bertz CT molecular complexity index is 452. The van der Waals surface area contributed by atoms with Crippen molar-refractivity contribution in [3.05, 3.63) is 34.9 Å². The number of carbonyl (C=O) groups is 1. The van der Waals surface area contributed by atoms with E-state index in [0.29, 0.717) is 6.54 Å². The number of piperazine rings is 1. The largest absolute Gasteiger partial charge is 0.339 e. The number of nitrogens with zero attached hydrogens (tertiary/aromatic N) is 2. The van der Waals surface area contributed by atoms with Gasteiger partial charge in [0, 0.05) is 32.7 Å². The summed E-state index contributed by atoms with van der Waals surface area (Å²) >= 11 is 0. The summed E-state index contributed by atoms with van der Waals surface area (Å²) in [6.07, 6.45) is 0. The highest BCUT2D eigenvalue weighted by atomic mass is 35.5. The van der Waals surface area contributed by atoms with Crippen molar-refractivity contribution in [1.82, 2.24) is 15.1 Å². The summed E-state index contributed by atoms with van der Waals surface area (Å²) in [6, 6.07) is 6.35. The first-order chi connectivity index (χ1) is 9.58. The van der Waals surface area contributed by atoms with Gasteiger partial charge in [-0.2, -0.15) is 0 Å². The third kappa shape index (κ3) is 4.99. The summed E-state index contributed by atoms with van der Waals surface area (Å²) in [6.45, 7) is 9.07. The lowest BCUT2D eigenvalue weighted by molar-refractivity contribution is -0.132. The van der Waals surface area contributed by atoms with E-state index in [9.17, 15) is 4.79 Å². The number of carbonyl (C=O) groups excluding carboxylic acids is 1. The summed E-state index contributed by atoms with van der Waals surface area (Å²) in [5, 5.41) is 3.27. The molecule has 0 unspecified atom stereocenters. The molecular formula is C16H26ClN3O. The van der Waals surface area contributed by atoms with E-state index in [0.717, 1.165) is 32.7 Å². The molecule has 0 saturated carbocycles. The number of aryl methyl sites for hydroxylation is 2. The molecule has 0 aromatic heterocycles. The molecule has 1 amide bonds. The van der Waals surface area contributed by atoms with Gasteiger partial charge in [-0.3, -0.25) is 9.69 Å². The minimum Gasteiger partial charge on any atom is -0.339 e. The Morgan fingerprint density at radius 2 is 1.81 bits per heavy atom. The molecule has 1 aromatic rings. The summed E-state index contributed by atoms with van der Waals surface area (Å²) in [7, 11) is 2.02. The standard InChI is InChI=1S/C16H25N3O.ClH/c1-13-5-4-6-14(2)15(13)11-18(3)12-16(20)19-9-7-17-8-10-19;/h4-6,17H,7-12H2,1-3H3;1H. The van der Waals surface area contributed by atoms with Crippen molar-refractivity contribution in [3.63, 3.8) is 0 Å². The predicted molar refractivity (Wildman–Crippen MR) is 88.9 cm³/mol. The van der Waals surface area contributed by atoms with Gasteiger partial charge in [0.25, 0.3) is 0 Å². The fraction of sp³-hybridized carbons (Fsp3) is 0.562. The van der Waals surface area contributed by atoms with Gasteiger partial charge in [-0.1, -0.05) is 18.2 Å². The smallest absolute Gasteiger partial charge is 0.236 e. The van der Waals surface area contributed by atoms with Crippen molar-refractivity contribution in [3.8, 4) is 0 Å². The molecule has 0 aliphatic carbocycles. The zero-order valence-corrected chi connectivity index (χ0v) is 14.0. The second-order valence-corrected chi connectivity index (χ2v) is 5.67. The number of hydrogen-bond acceptors (Lipinski definition) is 3. The molecule has 1 fully saturated rings. The molecule has 5 heteroatoms. The molecule has 0 bridgehead atoms.